The Balaban J connectivity index is 1.48. The average molecular weight is 486 g/mol. The summed E-state index contributed by atoms with van der Waals surface area (Å²) < 4.78 is 11.8. The van der Waals surface area contributed by atoms with E-state index in [2.05, 4.69) is 11.1 Å². The molecule has 1 atom stereocenters. The van der Waals surface area contributed by atoms with Gasteiger partial charge in [-0.05, 0) is 56.2 Å². The molecule has 0 N–H and O–H groups in total. The highest BCUT2D eigenvalue weighted by atomic mass is 32.2. The van der Waals surface area contributed by atoms with Crippen molar-refractivity contribution < 1.29 is 14.3 Å². The van der Waals surface area contributed by atoms with Crippen LogP contribution in [0.3, 0.4) is 0 Å². The monoisotopic (exact) mass is 485 g/mol. The number of thioether (sulfide) groups is 1. The van der Waals surface area contributed by atoms with E-state index in [4.69, 9.17) is 9.47 Å². The second-order valence-electron chi connectivity index (χ2n) is 8.21. The van der Waals surface area contributed by atoms with Gasteiger partial charge in [0.25, 0.3) is 0 Å². The number of amidine groups is 1. The largest absolute Gasteiger partial charge is 0.490 e. The molecule has 3 aromatic rings. The Labute approximate surface area is 210 Å². The zero-order valence-corrected chi connectivity index (χ0v) is 20.8. The molecule has 0 spiro atoms. The van der Waals surface area contributed by atoms with Crippen LogP contribution in [0.5, 0.6) is 11.5 Å². The minimum Gasteiger partial charge on any atom is -0.490 e. The van der Waals surface area contributed by atoms with E-state index in [9.17, 15) is 10.1 Å². The lowest BCUT2D eigenvalue weighted by Crippen LogP contribution is -2.28. The molecule has 0 aliphatic carbocycles. The average Bonchev–Trinajstić information content (AvgIpc) is 3.13. The van der Waals surface area contributed by atoms with Gasteiger partial charge in [0, 0.05) is 12.6 Å². The zero-order valence-electron chi connectivity index (χ0n) is 20.0. The summed E-state index contributed by atoms with van der Waals surface area (Å²) in [6.45, 7) is 4.71. The van der Waals surface area contributed by atoms with Crippen LogP contribution in [-0.4, -0.2) is 34.9 Å². The Kier molecular flexibility index (Phi) is 7.74. The van der Waals surface area contributed by atoms with Crippen LogP contribution in [0.25, 0.3) is 0 Å². The highest BCUT2D eigenvalue weighted by Crippen LogP contribution is 2.34. The Morgan fingerprint density at radius 2 is 1.83 bits per heavy atom. The molecule has 35 heavy (non-hydrogen) atoms. The number of ether oxygens (including phenoxy) is 2. The lowest BCUT2D eigenvalue weighted by molar-refractivity contribution is -0.125. The minimum atomic E-state index is -0.257. The first kappa shape index (κ1) is 24.4. The molecule has 3 aromatic carbocycles. The van der Waals surface area contributed by atoms with Crippen LogP contribution in [0, 0.1) is 18.3 Å². The van der Waals surface area contributed by atoms with E-state index in [1.807, 2.05) is 74.5 Å². The van der Waals surface area contributed by atoms with E-state index >= 15 is 0 Å². The molecule has 1 fully saturated rings. The molecule has 1 amide bonds. The number of benzene rings is 3. The van der Waals surface area contributed by atoms with Gasteiger partial charge in [0.05, 0.1) is 29.2 Å². The maximum atomic E-state index is 12.9. The van der Waals surface area contributed by atoms with Crippen LogP contribution in [-0.2, 0) is 17.8 Å². The summed E-state index contributed by atoms with van der Waals surface area (Å²) in [5, 5.41) is 9.75. The topological polar surface area (TPSA) is 74.9 Å². The van der Waals surface area contributed by atoms with Gasteiger partial charge in [0.1, 0.15) is 6.61 Å². The van der Waals surface area contributed by atoms with Crippen LogP contribution in [0.2, 0.25) is 0 Å². The van der Waals surface area contributed by atoms with Gasteiger partial charge in [-0.2, -0.15) is 5.26 Å². The van der Waals surface area contributed by atoms with Crippen molar-refractivity contribution in [1.82, 2.24) is 4.90 Å². The Hall–Kier alpha value is -3.76. The molecule has 1 aliphatic heterocycles. The third-order valence-corrected chi connectivity index (χ3v) is 6.88. The van der Waals surface area contributed by atoms with Gasteiger partial charge < -0.3 is 9.47 Å². The number of rotatable bonds is 8. The molecule has 1 aliphatic rings. The Morgan fingerprint density at radius 3 is 2.57 bits per heavy atom. The summed E-state index contributed by atoms with van der Waals surface area (Å²) in [5.74, 6) is 1.26. The predicted octanol–water partition coefficient (Wildman–Crippen LogP) is 5.65. The van der Waals surface area contributed by atoms with Crippen molar-refractivity contribution in [1.29, 1.82) is 5.26 Å². The molecular formula is C28H27N3O3S. The van der Waals surface area contributed by atoms with Crippen LogP contribution in [0.4, 0.5) is 5.69 Å². The summed E-state index contributed by atoms with van der Waals surface area (Å²) in [6, 6.07) is 23.2. The van der Waals surface area contributed by atoms with Gasteiger partial charge in [-0.1, -0.05) is 53.7 Å². The van der Waals surface area contributed by atoms with Crippen molar-refractivity contribution in [2.24, 2.45) is 4.99 Å². The SMILES string of the molecule is CCOc1cc(C[C@H]2SC(=Nc3ccc(C)cc3)N(C)C2=O)ccc1OCc1ccccc1C#N. The lowest BCUT2D eigenvalue weighted by Gasteiger charge is -2.15. The van der Waals surface area contributed by atoms with Gasteiger partial charge in [0.2, 0.25) is 5.91 Å². The smallest absolute Gasteiger partial charge is 0.242 e. The van der Waals surface area contributed by atoms with Gasteiger partial charge in [-0.25, -0.2) is 4.99 Å². The Morgan fingerprint density at radius 1 is 1.06 bits per heavy atom. The molecule has 1 saturated heterocycles. The third kappa shape index (κ3) is 5.84. The highest BCUT2D eigenvalue weighted by molar-refractivity contribution is 8.15. The van der Waals surface area contributed by atoms with Crippen LogP contribution >= 0.6 is 11.8 Å². The van der Waals surface area contributed by atoms with Crippen molar-refractivity contribution in [2.75, 3.05) is 13.7 Å². The molecule has 0 radical (unpaired) electrons. The quantitative estimate of drug-likeness (QED) is 0.412. The van der Waals surface area contributed by atoms with Gasteiger partial charge in [-0.3, -0.25) is 9.69 Å². The van der Waals surface area contributed by atoms with Crippen molar-refractivity contribution in [2.45, 2.75) is 32.1 Å². The summed E-state index contributed by atoms with van der Waals surface area (Å²) >= 11 is 1.48. The van der Waals surface area contributed by atoms with Gasteiger partial charge in [0.15, 0.2) is 16.7 Å². The van der Waals surface area contributed by atoms with Crippen LogP contribution < -0.4 is 9.47 Å². The first-order valence-electron chi connectivity index (χ1n) is 11.4. The standard InChI is InChI=1S/C28H27N3O3S/c1-4-33-25-15-20(11-14-24(25)34-18-22-8-6-5-7-21(22)17-29)16-26-27(32)31(3)28(35-26)30-23-12-9-19(2)10-13-23/h5-15,26H,4,16,18H2,1-3H3/t26-/m1/s1. The summed E-state index contributed by atoms with van der Waals surface area (Å²) in [4.78, 5) is 19.2. The number of hydrogen-bond donors (Lipinski definition) is 0. The summed E-state index contributed by atoms with van der Waals surface area (Å²) in [6.07, 6.45) is 0.554. The molecule has 0 bridgehead atoms. The maximum absolute atomic E-state index is 12.9. The predicted molar refractivity (Wildman–Crippen MR) is 139 cm³/mol. The number of amides is 1. The highest BCUT2D eigenvalue weighted by Gasteiger charge is 2.35. The normalized spacial score (nSPS) is 16.4. The number of aliphatic imine (C=N–C) groups is 1. The van der Waals surface area contributed by atoms with Crippen molar-refractivity contribution in [3.63, 3.8) is 0 Å². The van der Waals surface area contributed by atoms with E-state index in [1.165, 1.54) is 17.3 Å². The summed E-state index contributed by atoms with van der Waals surface area (Å²) in [7, 11) is 1.77. The molecule has 6 nitrogen and oxygen atoms in total. The summed E-state index contributed by atoms with van der Waals surface area (Å²) in [5.41, 5.74) is 4.39. The van der Waals surface area contributed by atoms with Crippen molar-refractivity contribution in [3.8, 4) is 17.6 Å². The molecule has 178 valence electrons. The number of nitriles is 1. The lowest BCUT2D eigenvalue weighted by atomic mass is 10.1. The number of hydrogen-bond acceptors (Lipinski definition) is 6. The zero-order chi connectivity index (χ0) is 24.8. The fraction of sp³-hybridized carbons (Fsp3) is 0.250. The maximum Gasteiger partial charge on any atom is 0.242 e. The molecule has 7 heteroatoms. The van der Waals surface area contributed by atoms with E-state index in [0.29, 0.717) is 35.3 Å². The fourth-order valence-corrected chi connectivity index (χ4v) is 4.91. The number of carbonyl (C=O) groups is 1. The molecule has 0 saturated carbocycles. The fourth-order valence-electron chi connectivity index (χ4n) is 3.72. The third-order valence-electron chi connectivity index (χ3n) is 5.65. The minimum absolute atomic E-state index is 0.0345. The van der Waals surface area contributed by atoms with E-state index in [1.54, 1.807) is 18.0 Å². The van der Waals surface area contributed by atoms with E-state index in [0.717, 1.165) is 16.8 Å². The molecule has 4 rings (SSSR count). The van der Waals surface area contributed by atoms with Crippen LogP contribution in [0.15, 0.2) is 71.7 Å². The van der Waals surface area contributed by atoms with E-state index in [-0.39, 0.29) is 17.8 Å². The number of carbonyl (C=O) groups excluding carboxylic acids is 1. The first-order chi connectivity index (χ1) is 17.0. The molecular weight excluding hydrogens is 458 g/mol. The molecule has 0 aromatic heterocycles. The second-order valence-corrected chi connectivity index (χ2v) is 9.38. The molecule has 1 heterocycles. The number of nitrogens with zero attached hydrogens (tertiary/aromatic N) is 3. The van der Waals surface area contributed by atoms with Crippen molar-refractivity contribution in [3.05, 3.63) is 89.0 Å². The Bertz CT molecular complexity index is 1280. The van der Waals surface area contributed by atoms with Crippen LogP contribution in [0.1, 0.15) is 29.2 Å². The van der Waals surface area contributed by atoms with Gasteiger partial charge >= 0.3 is 0 Å². The van der Waals surface area contributed by atoms with Gasteiger partial charge in [-0.15, -0.1) is 0 Å². The molecule has 0 unspecified atom stereocenters. The number of aryl methyl sites for hydroxylation is 1. The first-order valence-corrected chi connectivity index (χ1v) is 12.3. The van der Waals surface area contributed by atoms with E-state index < -0.39 is 0 Å². The van der Waals surface area contributed by atoms with Crippen molar-refractivity contribution >= 4 is 28.5 Å². The second kappa shape index (κ2) is 11.1.